The summed E-state index contributed by atoms with van der Waals surface area (Å²) in [5.74, 6) is 0. The predicted molar refractivity (Wildman–Crippen MR) is 56.5 cm³/mol. The molecule has 1 rings (SSSR count). The van der Waals surface area contributed by atoms with Crippen molar-refractivity contribution in [1.29, 1.82) is 0 Å². The van der Waals surface area contributed by atoms with E-state index in [9.17, 15) is 5.11 Å². The van der Waals surface area contributed by atoms with Gasteiger partial charge in [0.05, 0.1) is 6.10 Å². The lowest BCUT2D eigenvalue weighted by Gasteiger charge is -2.33. The first-order chi connectivity index (χ1) is 6.13. The minimum absolute atomic E-state index is 0.00576. The minimum Gasteiger partial charge on any atom is -0.393 e. The molecule has 1 aliphatic carbocycles. The van der Waals surface area contributed by atoms with Crippen LogP contribution in [0, 0.1) is 5.41 Å². The molecule has 1 aliphatic rings. The van der Waals surface area contributed by atoms with E-state index in [0.29, 0.717) is 0 Å². The second-order valence-corrected chi connectivity index (χ2v) is 4.12. The lowest BCUT2D eigenvalue weighted by atomic mass is 9.74. The number of hydrogen-bond acceptors (Lipinski definition) is 1. The highest BCUT2D eigenvalue weighted by atomic mass is 16.3. The summed E-state index contributed by atoms with van der Waals surface area (Å²) in [6, 6.07) is 0. The second kappa shape index (κ2) is 4.10. The molecule has 1 heteroatoms. The Morgan fingerprint density at radius 3 is 2.77 bits per heavy atom. The molecule has 0 aromatic rings. The van der Waals surface area contributed by atoms with Crippen molar-refractivity contribution in [2.75, 3.05) is 0 Å². The van der Waals surface area contributed by atoms with Gasteiger partial charge in [0.2, 0.25) is 0 Å². The van der Waals surface area contributed by atoms with Crippen LogP contribution < -0.4 is 0 Å². The Kier molecular flexibility index (Phi) is 3.32. The summed E-state index contributed by atoms with van der Waals surface area (Å²) in [5.41, 5.74) is 1.23. The molecule has 1 unspecified atom stereocenters. The molecule has 1 fully saturated rings. The lowest BCUT2D eigenvalue weighted by Crippen LogP contribution is -2.31. The quantitative estimate of drug-likeness (QED) is 0.659. The largest absolute Gasteiger partial charge is 0.393 e. The fourth-order valence-electron chi connectivity index (χ4n) is 2.42. The van der Waals surface area contributed by atoms with Crippen LogP contribution in [-0.2, 0) is 0 Å². The normalized spacial score (nSPS) is 30.5. The van der Waals surface area contributed by atoms with Gasteiger partial charge in [-0.05, 0) is 39.0 Å². The van der Waals surface area contributed by atoms with Gasteiger partial charge in [0.15, 0.2) is 0 Å². The molecular formula is C12H20O. The molecule has 0 aliphatic heterocycles. The molecule has 0 aromatic carbocycles. The maximum atomic E-state index is 9.80. The van der Waals surface area contributed by atoms with Gasteiger partial charge in [0, 0.05) is 5.41 Å². The van der Waals surface area contributed by atoms with Gasteiger partial charge in [0.25, 0.3) is 0 Å². The van der Waals surface area contributed by atoms with Crippen molar-refractivity contribution in [2.24, 2.45) is 5.41 Å². The Labute approximate surface area is 81.2 Å². The van der Waals surface area contributed by atoms with E-state index in [-0.39, 0.29) is 11.5 Å². The van der Waals surface area contributed by atoms with E-state index in [4.69, 9.17) is 0 Å². The third kappa shape index (κ3) is 1.86. The Morgan fingerprint density at radius 1 is 1.69 bits per heavy atom. The predicted octanol–water partition coefficient (Wildman–Crippen LogP) is 3.06. The zero-order valence-electron chi connectivity index (χ0n) is 8.55. The van der Waals surface area contributed by atoms with Crippen LogP contribution >= 0.6 is 0 Å². The molecule has 13 heavy (non-hydrogen) atoms. The average Bonchev–Trinajstić information content (AvgIpc) is 2.45. The van der Waals surface area contributed by atoms with Gasteiger partial charge < -0.3 is 5.11 Å². The van der Waals surface area contributed by atoms with E-state index in [0.717, 1.165) is 25.7 Å². The van der Waals surface area contributed by atoms with Crippen LogP contribution in [0.1, 0.15) is 39.0 Å². The summed E-state index contributed by atoms with van der Waals surface area (Å²) in [5, 5.41) is 9.80. The van der Waals surface area contributed by atoms with Gasteiger partial charge in [-0.2, -0.15) is 0 Å². The van der Waals surface area contributed by atoms with Gasteiger partial charge in [-0.3, -0.25) is 0 Å². The molecule has 0 amide bonds. The van der Waals surface area contributed by atoms with Crippen molar-refractivity contribution in [1.82, 2.24) is 0 Å². The van der Waals surface area contributed by atoms with Crippen molar-refractivity contribution in [2.45, 2.75) is 45.1 Å². The van der Waals surface area contributed by atoms with E-state index >= 15 is 0 Å². The maximum absolute atomic E-state index is 9.80. The summed E-state index contributed by atoms with van der Waals surface area (Å²) >= 11 is 0. The molecule has 0 saturated heterocycles. The van der Waals surface area contributed by atoms with Gasteiger partial charge >= 0.3 is 0 Å². The van der Waals surface area contributed by atoms with Crippen LogP contribution in [0.4, 0.5) is 0 Å². The number of allylic oxidation sites excluding steroid dienone is 1. The highest BCUT2D eigenvalue weighted by Gasteiger charge is 2.40. The molecule has 0 radical (unpaired) electrons. The van der Waals surface area contributed by atoms with Gasteiger partial charge in [0.1, 0.15) is 0 Å². The van der Waals surface area contributed by atoms with Gasteiger partial charge in [-0.1, -0.05) is 18.2 Å². The van der Waals surface area contributed by atoms with Crippen molar-refractivity contribution >= 4 is 0 Å². The Hall–Kier alpha value is -0.560. The molecular weight excluding hydrogens is 160 g/mol. The third-order valence-electron chi connectivity index (χ3n) is 3.40. The standard InChI is InChI=1S/C12H20O/c1-4-5-8-12(11(3)13)9-6-7-10(12)2/h4,11,13H,1-2,5-9H2,3H3/t11?,12-/m0/s1. The zero-order chi connectivity index (χ0) is 9.90. The molecule has 0 aromatic heterocycles. The fourth-order valence-corrected chi connectivity index (χ4v) is 2.42. The highest BCUT2D eigenvalue weighted by Crippen LogP contribution is 2.48. The first kappa shape index (κ1) is 10.5. The molecule has 1 saturated carbocycles. The van der Waals surface area contributed by atoms with Crippen LogP contribution in [0.2, 0.25) is 0 Å². The average molecular weight is 180 g/mol. The van der Waals surface area contributed by atoms with Crippen molar-refractivity contribution < 1.29 is 5.11 Å². The van der Waals surface area contributed by atoms with Crippen molar-refractivity contribution in [3.8, 4) is 0 Å². The smallest absolute Gasteiger partial charge is 0.0605 e. The first-order valence-electron chi connectivity index (χ1n) is 5.10. The number of hydrogen-bond donors (Lipinski definition) is 1. The zero-order valence-corrected chi connectivity index (χ0v) is 8.55. The van der Waals surface area contributed by atoms with E-state index in [1.807, 2.05) is 13.0 Å². The van der Waals surface area contributed by atoms with Crippen molar-refractivity contribution in [3.05, 3.63) is 24.8 Å². The minimum atomic E-state index is -0.262. The van der Waals surface area contributed by atoms with Crippen LogP contribution in [0.25, 0.3) is 0 Å². The monoisotopic (exact) mass is 180 g/mol. The molecule has 0 heterocycles. The van der Waals surface area contributed by atoms with Crippen LogP contribution in [0.15, 0.2) is 24.8 Å². The fraction of sp³-hybridized carbons (Fsp3) is 0.667. The third-order valence-corrected chi connectivity index (χ3v) is 3.40. The number of aliphatic hydroxyl groups excluding tert-OH is 1. The van der Waals surface area contributed by atoms with Gasteiger partial charge in [-0.25, -0.2) is 0 Å². The topological polar surface area (TPSA) is 20.2 Å². The summed E-state index contributed by atoms with van der Waals surface area (Å²) < 4.78 is 0. The summed E-state index contributed by atoms with van der Waals surface area (Å²) in [6.45, 7) is 9.70. The molecule has 74 valence electrons. The van der Waals surface area contributed by atoms with Crippen LogP contribution in [-0.4, -0.2) is 11.2 Å². The highest BCUT2D eigenvalue weighted by molar-refractivity contribution is 5.17. The molecule has 1 nitrogen and oxygen atoms in total. The maximum Gasteiger partial charge on any atom is 0.0605 e. The van der Waals surface area contributed by atoms with Gasteiger partial charge in [-0.15, -0.1) is 6.58 Å². The van der Waals surface area contributed by atoms with E-state index in [1.165, 1.54) is 12.0 Å². The first-order valence-corrected chi connectivity index (χ1v) is 5.10. The number of rotatable bonds is 4. The van der Waals surface area contributed by atoms with Crippen LogP contribution in [0.5, 0.6) is 0 Å². The Morgan fingerprint density at radius 2 is 2.38 bits per heavy atom. The van der Waals surface area contributed by atoms with E-state index in [2.05, 4.69) is 13.2 Å². The second-order valence-electron chi connectivity index (χ2n) is 4.12. The van der Waals surface area contributed by atoms with E-state index < -0.39 is 0 Å². The molecule has 2 atom stereocenters. The summed E-state index contributed by atoms with van der Waals surface area (Å²) in [4.78, 5) is 0. The Bertz CT molecular complexity index is 205. The SMILES string of the molecule is C=CCC[C@]1(C(C)O)CCCC1=C. The molecule has 0 spiro atoms. The summed E-state index contributed by atoms with van der Waals surface area (Å²) in [6.07, 6.45) is 7.01. The lowest BCUT2D eigenvalue weighted by molar-refractivity contribution is 0.0644. The summed E-state index contributed by atoms with van der Waals surface area (Å²) in [7, 11) is 0. The molecule has 0 bridgehead atoms. The van der Waals surface area contributed by atoms with Crippen LogP contribution in [0.3, 0.4) is 0 Å². The molecule has 1 N–H and O–H groups in total. The number of aliphatic hydroxyl groups is 1. The Balaban J connectivity index is 2.74. The van der Waals surface area contributed by atoms with Crippen molar-refractivity contribution in [3.63, 3.8) is 0 Å². The van der Waals surface area contributed by atoms with E-state index in [1.54, 1.807) is 0 Å².